The summed E-state index contributed by atoms with van der Waals surface area (Å²) in [5.74, 6) is 0. The number of allylic oxidation sites excluding steroid dienone is 7. The molecule has 0 bridgehead atoms. The smallest absolute Gasteiger partial charge is 0.0626 e. The fourth-order valence-corrected chi connectivity index (χ4v) is 2.41. The molecule has 1 nitrogen and oxygen atoms in total. The average Bonchev–Trinajstić information content (AvgIpc) is 2.44. The highest BCUT2D eigenvalue weighted by atomic mass is 16.3. The normalized spacial score (nSPS) is 14.1. The molecule has 0 aromatic rings. The standard InChI is InChI=1S/C23H40O/c1-19(2)11-8-12-20(3)13-9-14-21(4)15-10-16-22(5)17-18-23(6,7)24/h11,13,15,17,24H,8-10,12,14,16,18H2,1-7H3/b20-13+,21-15+,22-17+. The summed E-state index contributed by atoms with van der Waals surface area (Å²) in [5, 5.41) is 9.74. The Kier molecular flexibility index (Phi) is 11.8. The zero-order valence-electron chi connectivity index (χ0n) is 17.2. The summed E-state index contributed by atoms with van der Waals surface area (Å²) in [6, 6.07) is 0. The van der Waals surface area contributed by atoms with Crippen molar-refractivity contribution in [3.05, 3.63) is 46.6 Å². The number of hydrogen-bond donors (Lipinski definition) is 1. The van der Waals surface area contributed by atoms with Crippen LogP contribution in [0.25, 0.3) is 0 Å². The summed E-state index contributed by atoms with van der Waals surface area (Å²) in [6.45, 7) is 14.7. The summed E-state index contributed by atoms with van der Waals surface area (Å²) in [5.41, 5.74) is 5.18. The summed E-state index contributed by atoms with van der Waals surface area (Å²) in [4.78, 5) is 0. The first-order valence-corrected chi connectivity index (χ1v) is 9.43. The summed E-state index contributed by atoms with van der Waals surface area (Å²) in [6.07, 6.45) is 16.8. The van der Waals surface area contributed by atoms with Gasteiger partial charge in [-0.1, -0.05) is 46.6 Å². The van der Waals surface area contributed by atoms with E-state index in [1.165, 1.54) is 28.7 Å². The second-order valence-electron chi connectivity index (χ2n) is 8.07. The molecule has 0 rings (SSSR count). The van der Waals surface area contributed by atoms with Gasteiger partial charge in [-0.15, -0.1) is 0 Å². The molecule has 1 heteroatoms. The molecule has 24 heavy (non-hydrogen) atoms. The predicted molar refractivity (Wildman–Crippen MR) is 109 cm³/mol. The summed E-state index contributed by atoms with van der Waals surface area (Å²) >= 11 is 0. The second kappa shape index (κ2) is 12.3. The van der Waals surface area contributed by atoms with Gasteiger partial charge in [-0.05, 0) is 93.4 Å². The van der Waals surface area contributed by atoms with Crippen molar-refractivity contribution < 1.29 is 5.11 Å². The Balaban J connectivity index is 4.05. The van der Waals surface area contributed by atoms with E-state index >= 15 is 0 Å². The lowest BCUT2D eigenvalue weighted by molar-refractivity contribution is 0.0836. The summed E-state index contributed by atoms with van der Waals surface area (Å²) in [7, 11) is 0. The topological polar surface area (TPSA) is 20.2 Å². The lowest BCUT2D eigenvalue weighted by Crippen LogP contribution is -2.16. The quantitative estimate of drug-likeness (QED) is 0.394. The van der Waals surface area contributed by atoms with Crippen LogP contribution >= 0.6 is 0 Å². The molecule has 0 aromatic carbocycles. The maximum atomic E-state index is 9.74. The van der Waals surface area contributed by atoms with Gasteiger partial charge in [0.2, 0.25) is 0 Å². The average molecular weight is 333 g/mol. The van der Waals surface area contributed by atoms with E-state index in [2.05, 4.69) is 58.9 Å². The number of rotatable bonds is 11. The number of hydrogen-bond acceptors (Lipinski definition) is 1. The van der Waals surface area contributed by atoms with Gasteiger partial charge in [-0.25, -0.2) is 0 Å². The van der Waals surface area contributed by atoms with Crippen LogP contribution in [-0.2, 0) is 0 Å². The lowest BCUT2D eigenvalue weighted by atomic mass is 10.0. The maximum Gasteiger partial charge on any atom is 0.0626 e. The van der Waals surface area contributed by atoms with Crippen LogP contribution in [0, 0.1) is 0 Å². The van der Waals surface area contributed by atoms with E-state index in [9.17, 15) is 5.11 Å². The van der Waals surface area contributed by atoms with Crippen molar-refractivity contribution in [1.82, 2.24) is 0 Å². The molecule has 0 heterocycles. The Labute approximate surface area is 151 Å². The zero-order chi connectivity index (χ0) is 18.6. The Morgan fingerprint density at radius 3 is 1.42 bits per heavy atom. The molecular weight excluding hydrogens is 292 g/mol. The molecule has 0 aromatic heterocycles. The van der Waals surface area contributed by atoms with Crippen LogP contribution in [0.1, 0.15) is 93.4 Å². The third kappa shape index (κ3) is 15.8. The van der Waals surface area contributed by atoms with E-state index in [0.29, 0.717) is 0 Å². The molecular formula is C23H40O. The molecule has 0 radical (unpaired) electrons. The zero-order valence-corrected chi connectivity index (χ0v) is 17.2. The van der Waals surface area contributed by atoms with E-state index in [4.69, 9.17) is 0 Å². The molecule has 0 aliphatic rings. The monoisotopic (exact) mass is 332 g/mol. The first-order chi connectivity index (χ1) is 11.1. The second-order valence-corrected chi connectivity index (χ2v) is 8.07. The van der Waals surface area contributed by atoms with Gasteiger partial charge in [0.05, 0.1) is 5.60 Å². The number of aliphatic hydroxyl groups is 1. The van der Waals surface area contributed by atoms with Crippen LogP contribution in [0.2, 0.25) is 0 Å². The molecule has 1 N–H and O–H groups in total. The Morgan fingerprint density at radius 2 is 1.04 bits per heavy atom. The minimum Gasteiger partial charge on any atom is -0.390 e. The molecule has 0 fully saturated rings. The molecule has 0 atom stereocenters. The van der Waals surface area contributed by atoms with Gasteiger partial charge < -0.3 is 5.11 Å². The van der Waals surface area contributed by atoms with Crippen molar-refractivity contribution in [1.29, 1.82) is 0 Å². The van der Waals surface area contributed by atoms with Crippen LogP contribution in [0.4, 0.5) is 0 Å². The van der Waals surface area contributed by atoms with Crippen molar-refractivity contribution in [3.8, 4) is 0 Å². The molecule has 0 aliphatic heterocycles. The predicted octanol–water partition coefficient (Wildman–Crippen LogP) is 7.29. The third-order valence-electron chi connectivity index (χ3n) is 4.10. The van der Waals surface area contributed by atoms with Crippen LogP contribution in [0.3, 0.4) is 0 Å². The van der Waals surface area contributed by atoms with Gasteiger partial charge >= 0.3 is 0 Å². The maximum absolute atomic E-state index is 9.74. The highest BCUT2D eigenvalue weighted by Gasteiger charge is 2.09. The Bertz CT molecular complexity index is 463. The molecule has 0 unspecified atom stereocenters. The van der Waals surface area contributed by atoms with Crippen LogP contribution in [0.5, 0.6) is 0 Å². The van der Waals surface area contributed by atoms with Crippen LogP contribution < -0.4 is 0 Å². The van der Waals surface area contributed by atoms with Gasteiger partial charge in [-0.3, -0.25) is 0 Å². The van der Waals surface area contributed by atoms with Crippen molar-refractivity contribution in [2.45, 2.75) is 99.0 Å². The van der Waals surface area contributed by atoms with Gasteiger partial charge in [0, 0.05) is 0 Å². The molecule has 138 valence electrons. The van der Waals surface area contributed by atoms with Crippen LogP contribution in [0.15, 0.2) is 46.6 Å². The Hall–Kier alpha value is -1.08. The molecule has 0 saturated carbocycles. The fourth-order valence-electron chi connectivity index (χ4n) is 2.41. The van der Waals surface area contributed by atoms with Crippen molar-refractivity contribution in [3.63, 3.8) is 0 Å². The van der Waals surface area contributed by atoms with E-state index in [1.54, 1.807) is 0 Å². The van der Waals surface area contributed by atoms with Crippen molar-refractivity contribution in [2.24, 2.45) is 0 Å². The van der Waals surface area contributed by atoms with E-state index in [-0.39, 0.29) is 0 Å². The first-order valence-electron chi connectivity index (χ1n) is 9.43. The van der Waals surface area contributed by atoms with Crippen molar-refractivity contribution >= 4 is 0 Å². The molecule has 0 spiro atoms. The van der Waals surface area contributed by atoms with E-state index in [0.717, 1.165) is 38.5 Å². The highest BCUT2D eigenvalue weighted by Crippen LogP contribution is 2.15. The minimum absolute atomic E-state index is 0.594. The Morgan fingerprint density at radius 1 is 0.667 bits per heavy atom. The van der Waals surface area contributed by atoms with Gasteiger partial charge in [0.1, 0.15) is 0 Å². The lowest BCUT2D eigenvalue weighted by Gasteiger charge is -2.14. The van der Waals surface area contributed by atoms with Crippen molar-refractivity contribution in [2.75, 3.05) is 0 Å². The van der Waals surface area contributed by atoms with E-state index < -0.39 is 5.60 Å². The van der Waals surface area contributed by atoms with Gasteiger partial charge in [0.25, 0.3) is 0 Å². The first kappa shape index (κ1) is 22.9. The largest absolute Gasteiger partial charge is 0.390 e. The van der Waals surface area contributed by atoms with Gasteiger partial charge in [-0.2, -0.15) is 0 Å². The van der Waals surface area contributed by atoms with Crippen LogP contribution in [-0.4, -0.2) is 10.7 Å². The third-order valence-corrected chi connectivity index (χ3v) is 4.10. The minimum atomic E-state index is -0.594. The fraction of sp³-hybridized carbons (Fsp3) is 0.652. The van der Waals surface area contributed by atoms with E-state index in [1.807, 2.05) is 13.8 Å². The summed E-state index contributed by atoms with van der Waals surface area (Å²) < 4.78 is 0. The molecule has 0 amide bonds. The SMILES string of the molecule is CC(C)=CCC/C(C)=C/CC/C(C)=C/CC/C(C)=C/CC(C)(C)O. The van der Waals surface area contributed by atoms with Gasteiger partial charge in [0.15, 0.2) is 0 Å². The molecule has 0 aliphatic carbocycles. The molecule has 0 saturated heterocycles. The highest BCUT2D eigenvalue weighted by molar-refractivity contribution is 5.07.